The molecule has 0 fully saturated rings. The van der Waals surface area contributed by atoms with Gasteiger partial charge >= 0.3 is 0 Å². The predicted molar refractivity (Wildman–Crippen MR) is 80.7 cm³/mol. The lowest BCUT2D eigenvalue weighted by molar-refractivity contribution is 0.218. The molecule has 0 heterocycles. The molecule has 2 nitrogen and oxygen atoms in total. The lowest BCUT2D eigenvalue weighted by Crippen LogP contribution is -2.03. The molecule has 0 saturated heterocycles. The average Bonchev–Trinajstić information content (AvgIpc) is 2.40. The van der Waals surface area contributed by atoms with Gasteiger partial charge in [-0.15, -0.1) is 0 Å². The number of hydrogen-bond donors (Lipinski definition) is 1. The van der Waals surface area contributed by atoms with Crippen molar-refractivity contribution in [2.45, 2.75) is 20.0 Å². The van der Waals surface area contributed by atoms with Crippen LogP contribution < -0.4 is 4.74 Å². The van der Waals surface area contributed by atoms with Gasteiger partial charge in [0.1, 0.15) is 11.9 Å². The normalized spacial score (nSPS) is 12.3. The SMILES string of the molecule is COc1ccc(C(O)c2cc(C)ccc2C)c(Br)c1. The van der Waals surface area contributed by atoms with Gasteiger partial charge in [-0.25, -0.2) is 0 Å². The van der Waals surface area contributed by atoms with Crippen LogP contribution >= 0.6 is 15.9 Å². The molecule has 19 heavy (non-hydrogen) atoms. The zero-order valence-electron chi connectivity index (χ0n) is 11.3. The van der Waals surface area contributed by atoms with E-state index in [9.17, 15) is 5.11 Å². The first-order valence-electron chi connectivity index (χ1n) is 6.11. The van der Waals surface area contributed by atoms with Crippen molar-refractivity contribution >= 4 is 15.9 Å². The molecule has 1 N–H and O–H groups in total. The molecule has 0 aliphatic carbocycles. The van der Waals surface area contributed by atoms with Crippen molar-refractivity contribution in [2.24, 2.45) is 0 Å². The van der Waals surface area contributed by atoms with E-state index in [1.165, 1.54) is 0 Å². The number of aliphatic hydroxyl groups is 1. The third kappa shape index (κ3) is 2.99. The number of benzene rings is 2. The van der Waals surface area contributed by atoms with Gasteiger partial charge in [-0.1, -0.05) is 45.8 Å². The molecule has 3 heteroatoms. The minimum atomic E-state index is -0.639. The molecule has 0 aliphatic rings. The Hall–Kier alpha value is -1.32. The molecular formula is C16H17BrO2. The van der Waals surface area contributed by atoms with E-state index in [0.717, 1.165) is 32.5 Å². The minimum absolute atomic E-state index is 0.639. The molecule has 1 atom stereocenters. The molecule has 2 rings (SSSR count). The summed E-state index contributed by atoms with van der Waals surface area (Å²) in [7, 11) is 1.63. The van der Waals surface area contributed by atoms with Crippen LogP contribution in [0.2, 0.25) is 0 Å². The smallest absolute Gasteiger partial charge is 0.120 e. The van der Waals surface area contributed by atoms with Crippen LogP contribution in [0.1, 0.15) is 28.4 Å². The fourth-order valence-corrected chi connectivity index (χ4v) is 2.65. The third-order valence-electron chi connectivity index (χ3n) is 3.23. The predicted octanol–water partition coefficient (Wildman–Crippen LogP) is 4.16. The first kappa shape index (κ1) is 14.1. The number of hydrogen-bond acceptors (Lipinski definition) is 2. The second-order valence-electron chi connectivity index (χ2n) is 4.65. The highest BCUT2D eigenvalue weighted by Gasteiger charge is 2.16. The van der Waals surface area contributed by atoms with Gasteiger partial charge in [-0.05, 0) is 42.7 Å². The Kier molecular flexibility index (Phi) is 4.27. The van der Waals surface area contributed by atoms with Crippen molar-refractivity contribution < 1.29 is 9.84 Å². The van der Waals surface area contributed by atoms with Crippen molar-refractivity contribution in [3.8, 4) is 5.75 Å². The van der Waals surface area contributed by atoms with E-state index >= 15 is 0 Å². The molecule has 0 spiro atoms. The van der Waals surface area contributed by atoms with Gasteiger partial charge in [0, 0.05) is 4.47 Å². The molecule has 0 radical (unpaired) electrons. The summed E-state index contributed by atoms with van der Waals surface area (Å²) in [6, 6.07) is 11.7. The second kappa shape index (κ2) is 5.76. The highest BCUT2D eigenvalue weighted by atomic mass is 79.9. The van der Waals surface area contributed by atoms with E-state index in [1.807, 2.05) is 44.2 Å². The maximum absolute atomic E-state index is 10.6. The zero-order valence-corrected chi connectivity index (χ0v) is 12.9. The van der Waals surface area contributed by atoms with Crippen molar-refractivity contribution in [1.82, 2.24) is 0 Å². The summed E-state index contributed by atoms with van der Waals surface area (Å²) in [6.07, 6.45) is -0.639. The summed E-state index contributed by atoms with van der Waals surface area (Å²) in [6.45, 7) is 4.04. The van der Waals surface area contributed by atoms with Crippen molar-refractivity contribution in [1.29, 1.82) is 0 Å². The van der Waals surface area contributed by atoms with E-state index < -0.39 is 6.10 Å². The number of rotatable bonds is 3. The highest BCUT2D eigenvalue weighted by molar-refractivity contribution is 9.10. The maximum Gasteiger partial charge on any atom is 0.120 e. The molecule has 0 bridgehead atoms. The average molecular weight is 321 g/mol. The van der Waals surface area contributed by atoms with Gasteiger partial charge in [0.15, 0.2) is 0 Å². The van der Waals surface area contributed by atoms with E-state index in [0.29, 0.717) is 0 Å². The number of methoxy groups -OCH3 is 1. The molecule has 100 valence electrons. The summed E-state index contributed by atoms with van der Waals surface area (Å²) < 4.78 is 6.01. The van der Waals surface area contributed by atoms with Crippen LogP contribution in [-0.4, -0.2) is 12.2 Å². The van der Waals surface area contributed by atoms with Crippen LogP contribution in [0, 0.1) is 13.8 Å². The summed E-state index contributed by atoms with van der Waals surface area (Å²) in [5.41, 5.74) is 4.01. The molecule has 2 aromatic rings. The van der Waals surface area contributed by atoms with Crippen molar-refractivity contribution in [2.75, 3.05) is 7.11 Å². The van der Waals surface area contributed by atoms with Gasteiger partial charge in [0.05, 0.1) is 7.11 Å². The Morgan fingerprint density at radius 2 is 1.79 bits per heavy atom. The topological polar surface area (TPSA) is 29.5 Å². The lowest BCUT2D eigenvalue weighted by Gasteiger charge is -2.17. The van der Waals surface area contributed by atoms with Crippen molar-refractivity contribution in [3.63, 3.8) is 0 Å². The van der Waals surface area contributed by atoms with E-state index in [2.05, 4.69) is 22.0 Å². The van der Waals surface area contributed by atoms with Gasteiger partial charge in [-0.2, -0.15) is 0 Å². The standard InChI is InChI=1S/C16H17BrO2/c1-10-4-5-11(2)14(8-10)16(18)13-7-6-12(19-3)9-15(13)17/h4-9,16,18H,1-3H3. The summed E-state index contributed by atoms with van der Waals surface area (Å²) >= 11 is 3.49. The third-order valence-corrected chi connectivity index (χ3v) is 3.92. The van der Waals surface area contributed by atoms with Crippen LogP contribution in [0.4, 0.5) is 0 Å². The van der Waals surface area contributed by atoms with Crippen LogP contribution in [0.3, 0.4) is 0 Å². The Labute approximate surface area is 122 Å². The quantitative estimate of drug-likeness (QED) is 0.920. The Morgan fingerprint density at radius 1 is 1.05 bits per heavy atom. The van der Waals surface area contributed by atoms with Crippen LogP contribution in [0.25, 0.3) is 0 Å². The fraction of sp³-hybridized carbons (Fsp3) is 0.250. The number of aliphatic hydroxyl groups excluding tert-OH is 1. The highest BCUT2D eigenvalue weighted by Crippen LogP contribution is 2.32. The molecule has 0 saturated carbocycles. The lowest BCUT2D eigenvalue weighted by atomic mass is 9.96. The van der Waals surface area contributed by atoms with E-state index in [1.54, 1.807) is 7.11 Å². The number of ether oxygens (including phenoxy) is 1. The molecule has 0 aromatic heterocycles. The largest absolute Gasteiger partial charge is 0.497 e. The fourth-order valence-electron chi connectivity index (χ4n) is 2.08. The molecule has 2 aromatic carbocycles. The molecule has 0 aliphatic heterocycles. The molecule has 1 unspecified atom stereocenters. The Balaban J connectivity index is 2.43. The summed E-state index contributed by atoms with van der Waals surface area (Å²) in [4.78, 5) is 0. The van der Waals surface area contributed by atoms with E-state index in [-0.39, 0.29) is 0 Å². The Bertz CT molecular complexity index is 593. The number of aryl methyl sites for hydroxylation is 2. The molecular weight excluding hydrogens is 304 g/mol. The van der Waals surface area contributed by atoms with Gasteiger partial charge in [0.25, 0.3) is 0 Å². The maximum atomic E-state index is 10.6. The van der Waals surface area contributed by atoms with Gasteiger partial charge in [0.2, 0.25) is 0 Å². The molecule has 0 amide bonds. The first-order valence-corrected chi connectivity index (χ1v) is 6.91. The monoisotopic (exact) mass is 320 g/mol. The second-order valence-corrected chi connectivity index (χ2v) is 5.50. The van der Waals surface area contributed by atoms with Crippen LogP contribution in [0.15, 0.2) is 40.9 Å². The zero-order chi connectivity index (χ0) is 14.0. The van der Waals surface area contributed by atoms with Crippen LogP contribution in [0.5, 0.6) is 5.75 Å². The van der Waals surface area contributed by atoms with Gasteiger partial charge in [-0.3, -0.25) is 0 Å². The number of halogens is 1. The van der Waals surface area contributed by atoms with E-state index in [4.69, 9.17) is 4.74 Å². The van der Waals surface area contributed by atoms with Crippen LogP contribution in [-0.2, 0) is 0 Å². The first-order chi connectivity index (χ1) is 9.02. The summed E-state index contributed by atoms with van der Waals surface area (Å²) in [5, 5.41) is 10.6. The minimum Gasteiger partial charge on any atom is -0.497 e. The Morgan fingerprint density at radius 3 is 2.42 bits per heavy atom. The summed E-state index contributed by atoms with van der Waals surface area (Å²) in [5.74, 6) is 0.767. The van der Waals surface area contributed by atoms with Crippen molar-refractivity contribution in [3.05, 3.63) is 63.1 Å². The van der Waals surface area contributed by atoms with Gasteiger partial charge < -0.3 is 9.84 Å².